The van der Waals surface area contributed by atoms with Gasteiger partial charge < -0.3 is 15.0 Å². The summed E-state index contributed by atoms with van der Waals surface area (Å²) in [6.45, 7) is 3.75. The molecule has 0 unspecified atom stereocenters. The number of benzene rings is 2. The maximum atomic E-state index is 12.6. The Kier molecular flexibility index (Phi) is 7.44. The van der Waals surface area contributed by atoms with Crippen molar-refractivity contribution in [1.29, 1.82) is 0 Å². The molecule has 2 aliphatic rings. The van der Waals surface area contributed by atoms with Crippen molar-refractivity contribution in [2.24, 2.45) is 0 Å². The number of hydrogen-bond acceptors (Lipinski definition) is 5. The van der Waals surface area contributed by atoms with E-state index in [2.05, 4.69) is 27.1 Å². The van der Waals surface area contributed by atoms with Crippen LogP contribution >= 0.6 is 0 Å². The van der Waals surface area contributed by atoms with E-state index in [-0.39, 0.29) is 23.8 Å². The van der Waals surface area contributed by atoms with Crippen LogP contribution in [0.2, 0.25) is 0 Å². The molecule has 1 saturated heterocycles. The number of nitrogens with zero attached hydrogens (tertiary/aromatic N) is 1. The molecule has 2 N–H and O–H groups in total. The number of amides is 1. The predicted molar refractivity (Wildman–Crippen MR) is 124 cm³/mol. The third-order valence-corrected chi connectivity index (χ3v) is 7.54. The van der Waals surface area contributed by atoms with Gasteiger partial charge in [-0.25, -0.2) is 13.1 Å². The SMILES string of the molecule is O=C(CCNS(=O)(=O)c1ccc2c(c1)CCCC2)NCc1ccc(N2CCOCC2)cc1. The normalized spacial score (nSPS) is 16.4. The minimum absolute atomic E-state index is 0.0707. The van der Waals surface area contributed by atoms with Crippen molar-refractivity contribution < 1.29 is 17.9 Å². The second kappa shape index (κ2) is 10.5. The van der Waals surface area contributed by atoms with Crippen LogP contribution in [0.1, 0.15) is 36.0 Å². The van der Waals surface area contributed by atoms with Gasteiger partial charge in [0.15, 0.2) is 0 Å². The molecule has 1 aliphatic carbocycles. The number of carbonyl (C=O) groups excluding carboxylic acids is 1. The first kappa shape index (κ1) is 22.8. The molecule has 32 heavy (non-hydrogen) atoms. The average molecular weight is 458 g/mol. The lowest BCUT2D eigenvalue weighted by molar-refractivity contribution is -0.121. The summed E-state index contributed by atoms with van der Waals surface area (Å²) in [5.74, 6) is -0.185. The Morgan fingerprint density at radius 2 is 1.69 bits per heavy atom. The van der Waals surface area contributed by atoms with Crippen LogP contribution in [0.5, 0.6) is 0 Å². The molecule has 0 atom stereocenters. The molecule has 1 fully saturated rings. The lowest BCUT2D eigenvalue weighted by Gasteiger charge is -2.28. The Bertz CT molecular complexity index is 1030. The number of carbonyl (C=O) groups is 1. The van der Waals surface area contributed by atoms with Gasteiger partial charge >= 0.3 is 0 Å². The summed E-state index contributed by atoms with van der Waals surface area (Å²) in [5.41, 5.74) is 4.52. The number of aryl methyl sites for hydroxylation is 2. The highest BCUT2D eigenvalue weighted by Gasteiger charge is 2.18. The van der Waals surface area contributed by atoms with Crippen molar-refractivity contribution in [1.82, 2.24) is 10.0 Å². The van der Waals surface area contributed by atoms with Crippen molar-refractivity contribution in [2.75, 3.05) is 37.7 Å². The standard InChI is InChI=1S/C24H31N3O4S/c28-24(25-18-19-5-8-22(9-6-19)27-13-15-31-16-14-27)11-12-26-32(29,30)23-10-7-20-3-1-2-4-21(20)17-23/h5-10,17,26H,1-4,11-16,18H2,(H,25,28). The second-order valence-electron chi connectivity index (χ2n) is 8.33. The van der Waals surface area contributed by atoms with Gasteiger partial charge in [0.25, 0.3) is 0 Å². The number of ether oxygens (including phenoxy) is 1. The number of sulfonamides is 1. The molecule has 1 aliphatic heterocycles. The summed E-state index contributed by atoms with van der Waals surface area (Å²) < 4.78 is 33.1. The summed E-state index contributed by atoms with van der Waals surface area (Å²) in [7, 11) is -3.62. The average Bonchev–Trinajstić information content (AvgIpc) is 2.83. The first-order chi connectivity index (χ1) is 15.5. The van der Waals surface area contributed by atoms with Gasteiger partial charge in [0.05, 0.1) is 18.1 Å². The molecule has 1 amide bonds. The Labute approximate surface area is 190 Å². The van der Waals surface area contributed by atoms with Crippen LogP contribution in [0.25, 0.3) is 0 Å². The summed E-state index contributed by atoms with van der Waals surface area (Å²) >= 11 is 0. The van der Waals surface area contributed by atoms with Crippen LogP contribution in [0.3, 0.4) is 0 Å². The van der Waals surface area contributed by atoms with Gasteiger partial charge in [-0.3, -0.25) is 4.79 Å². The van der Waals surface area contributed by atoms with E-state index in [1.807, 2.05) is 18.2 Å². The minimum atomic E-state index is -3.62. The fraction of sp³-hybridized carbons (Fsp3) is 0.458. The van der Waals surface area contributed by atoms with Crippen LogP contribution in [0.4, 0.5) is 5.69 Å². The van der Waals surface area contributed by atoms with Crippen LogP contribution in [0, 0.1) is 0 Å². The molecule has 8 heteroatoms. The maximum Gasteiger partial charge on any atom is 0.240 e. The van der Waals surface area contributed by atoms with E-state index in [1.165, 1.54) is 5.56 Å². The fourth-order valence-electron chi connectivity index (χ4n) is 4.19. The van der Waals surface area contributed by atoms with E-state index < -0.39 is 10.0 Å². The molecule has 4 rings (SSSR count). The van der Waals surface area contributed by atoms with Crippen molar-refractivity contribution in [3.8, 4) is 0 Å². The van der Waals surface area contributed by atoms with Crippen LogP contribution in [-0.4, -0.2) is 47.2 Å². The number of rotatable bonds is 8. The van der Waals surface area contributed by atoms with E-state index in [0.29, 0.717) is 6.54 Å². The predicted octanol–water partition coefficient (Wildman–Crippen LogP) is 2.39. The molecule has 0 radical (unpaired) electrons. The van der Waals surface area contributed by atoms with Crippen LogP contribution < -0.4 is 14.9 Å². The molecule has 1 heterocycles. The van der Waals surface area contributed by atoms with E-state index >= 15 is 0 Å². The fourth-order valence-corrected chi connectivity index (χ4v) is 5.28. The van der Waals surface area contributed by atoms with Gasteiger partial charge in [-0.1, -0.05) is 18.2 Å². The van der Waals surface area contributed by atoms with Crippen molar-refractivity contribution in [2.45, 2.75) is 43.5 Å². The third-order valence-electron chi connectivity index (χ3n) is 6.08. The summed E-state index contributed by atoms with van der Waals surface area (Å²) in [4.78, 5) is 14.7. The Morgan fingerprint density at radius 3 is 2.44 bits per heavy atom. The molecular formula is C24H31N3O4S. The number of nitrogens with one attached hydrogen (secondary N) is 2. The highest BCUT2D eigenvalue weighted by Crippen LogP contribution is 2.24. The number of hydrogen-bond donors (Lipinski definition) is 2. The molecule has 172 valence electrons. The Hall–Kier alpha value is -2.42. The summed E-state index contributed by atoms with van der Waals surface area (Å²) in [5, 5.41) is 2.86. The lowest BCUT2D eigenvalue weighted by atomic mass is 9.92. The molecule has 0 spiro atoms. The van der Waals surface area contributed by atoms with Gasteiger partial charge in [-0.15, -0.1) is 0 Å². The zero-order valence-electron chi connectivity index (χ0n) is 18.3. The molecule has 0 saturated carbocycles. The van der Waals surface area contributed by atoms with Gasteiger partial charge in [-0.2, -0.15) is 0 Å². The molecule has 7 nitrogen and oxygen atoms in total. The Balaban J connectivity index is 1.22. The zero-order valence-corrected chi connectivity index (χ0v) is 19.1. The molecule has 2 aromatic carbocycles. The van der Waals surface area contributed by atoms with E-state index in [1.54, 1.807) is 12.1 Å². The van der Waals surface area contributed by atoms with Gasteiger partial charge in [0.2, 0.25) is 15.9 Å². The smallest absolute Gasteiger partial charge is 0.240 e. The highest BCUT2D eigenvalue weighted by molar-refractivity contribution is 7.89. The van der Waals surface area contributed by atoms with Crippen molar-refractivity contribution in [3.05, 3.63) is 59.2 Å². The summed E-state index contributed by atoms with van der Waals surface area (Å²) in [6, 6.07) is 13.5. The first-order valence-corrected chi connectivity index (χ1v) is 12.8. The summed E-state index contributed by atoms with van der Waals surface area (Å²) in [6.07, 6.45) is 4.29. The van der Waals surface area contributed by atoms with Crippen LogP contribution in [0.15, 0.2) is 47.4 Å². The first-order valence-electron chi connectivity index (χ1n) is 11.3. The van der Waals surface area contributed by atoms with Gasteiger partial charge in [0, 0.05) is 38.3 Å². The molecule has 2 aromatic rings. The number of morpholine rings is 1. The quantitative estimate of drug-likeness (QED) is 0.636. The van der Waals surface area contributed by atoms with Crippen molar-refractivity contribution >= 4 is 21.6 Å². The van der Waals surface area contributed by atoms with E-state index in [9.17, 15) is 13.2 Å². The maximum absolute atomic E-state index is 12.6. The topological polar surface area (TPSA) is 87.7 Å². The van der Waals surface area contributed by atoms with Crippen LogP contribution in [-0.2, 0) is 38.9 Å². The largest absolute Gasteiger partial charge is 0.378 e. The third kappa shape index (κ3) is 5.88. The highest BCUT2D eigenvalue weighted by atomic mass is 32.2. The number of anilines is 1. The second-order valence-corrected chi connectivity index (χ2v) is 10.1. The van der Waals surface area contributed by atoms with Crippen molar-refractivity contribution in [3.63, 3.8) is 0 Å². The van der Waals surface area contributed by atoms with E-state index in [0.717, 1.165) is 68.8 Å². The Morgan fingerprint density at radius 1 is 0.969 bits per heavy atom. The minimum Gasteiger partial charge on any atom is -0.378 e. The molecule has 0 aromatic heterocycles. The van der Waals surface area contributed by atoms with E-state index in [4.69, 9.17) is 4.74 Å². The lowest BCUT2D eigenvalue weighted by Crippen LogP contribution is -2.36. The monoisotopic (exact) mass is 457 g/mol. The van der Waals surface area contributed by atoms with Gasteiger partial charge in [0.1, 0.15) is 0 Å². The molecular weight excluding hydrogens is 426 g/mol. The van der Waals surface area contributed by atoms with Gasteiger partial charge in [-0.05, 0) is 66.6 Å². The number of fused-ring (bicyclic) bond motifs is 1. The molecule has 0 bridgehead atoms. The zero-order chi connectivity index (χ0) is 22.4.